The summed E-state index contributed by atoms with van der Waals surface area (Å²) < 4.78 is 27.8. The van der Waals surface area contributed by atoms with Gasteiger partial charge in [0.25, 0.3) is 5.91 Å². The molecule has 0 atom stereocenters. The van der Waals surface area contributed by atoms with Crippen LogP contribution in [0.15, 0.2) is 77.7 Å². The lowest BCUT2D eigenvalue weighted by molar-refractivity contribution is 0.102. The molecule has 0 bridgehead atoms. The van der Waals surface area contributed by atoms with Crippen molar-refractivity contribution in [3.05, 3.63) is 89.2 Å². The number of amides is 1. The molecule has 0 unspecified atom stereocenters. The van der Waals surface area contributed by atoms with Crippen LogP contribution in [0.3, 0.4) is 0 Å². The molecule has 174 valence electrons. The number of nitrogens with zero attached hydrogens (tertiary/aromatic N) is 2. The zero-order valence-electron chi connectivity index (χ0n) is 18.2. The first kappa shape index (κ1) is 22.6. The fraction of sp³-hybridized carbons (Fsp3) is 0.200. The van der Waals surface area contributed by atoms with E-state index in [1.54, 1.807) is 36.4 Å². The minimum Gasteiger partial charge on any atom is -0.342 e. The molecule has 1 saturated heterocycles. The van der Waals surface area contributed by atoms with Gasteiger partial charge in [0.15, 0.2) is 0 Å². The van der Waals surface area contributed by atoms with Crippen LogP contribution in [0.5, 0.6) is 0 Å². The van der Waals surface area contributed by atoms with E-state index in [0.717, 1.165) is 16.9 Å². The molecular formula is C25H23ClN4O3S. The predicted molar refractivity (Wildman–Crippen MR) is 133 cm³/mol. The van der Waals surface area contributed by atoms with Crippen molar-refractivity contribution in [2.45, 2.75) is 23.7 Å². The van der Waals surface area contributed by atoms with E-state index in [-0.39, 0.29) is 16.7 Å². The normalized spacial score (nSPS) is 15.4. The summed E-state index contributed by atoms with van der Waals surface area (Å²) in [6, 6.07) is 20.7. The lowest BCUT2D eigenvalue weighted by Crippen LogP contribution is -2.38. The molecule has 7 nitrogen and oxygen atoms in total. The van der Waals surface area contributed by atoms with Crippen LogP contribution in [-0.4, -0.2) is 41.7 Å². The molecule has 0 aliphatic carbocycles. The van der Waals surface area contributed by atoms with E-state index in [1.807, 2.05) is 24.3 Å². The first-order chi connectivity index (χ1) is 16.4. The number of imidazole rings is 1. The van der Waals surface area contributed by atoms with Crippen LogP contribution in [0, 0.1) is 0 Å². The third-order valence-corrected chi connectivity index (χ3v) is 8.23. The largest absolute Gasteiger partial charge is 0.342 e. The number of carbonyl (C=O) groups excluding carboxylic acids is 1. The van der Waals surface area contributed by atoms with Crippen molar-refractivity contribution < 1.29 is 13.2 Å². The average molecular weight is 495 g/mol. The summed E-state index contributed by atoms with van der Waals surface area (Å²) in [5.74, 6) is 0.798. The number of fused-ring (bicyclic) bond motifs is 1. The van der Waals surface area contributed by atoms with Gasteiger partial charge in [0.2, 0.25) is 10.0 Å². The Morgan fingerprint density at radius 3 is 2.44 bits per heavy atom. The second-order valence-electron chi connectivity index (χ2n) is 8.31. The smallest absolute Gasteiger partial charge is 0.255 e. The molecule has 1 aliphatic heterocycles. The number of halogens is 1. The van der Waals surface area contributed by atoms with Crippen molar-refractivity contribution in [2.24, 2.45) is 0 Å². The summed E-state index contributed by atoms with van der Waals surface area (Å²) in [5.41, 5.74) is 2.86. The molecule has 1 fully saturated rings. The van der Waals surface area contributed by atoms with Gasteiger partial charge in [-0.05, 0) is 67.4 Å². The molecular weight excluding hydrogens is 472 g/mol. The molecule has 5 rings (SSSR count). The van der Waals surface area contributed by atoms with Gasteiger partial charge in [-0.2, -0.15) is 4.31 Å². The third kappa shape index (κ3) is 4.57. The predicted octanol–water partition coefficient (Wildman–Crippen LogP) is 5.04. The van der Waals surface area contributed by atoms with E-state index >= 15 is 0 Å². The average Bonchev–Trinajstić information content (AvgIpc) is 3.29. The maximum Gasteiger partial charge on any atom is 0.255 e. The lowest BCUT2D eigenvalue weighted by Gasteiger charge is -2.30. The molecule has 2 heterocycles. The molecule has 0 saturated carbocycles. The van der Waals surface area contributed by atoms with Gasteiger partial charge in [0.05, 0.1) is 15.9 Å². The fourth-order valence-corrected chi connectivity index (χ4v) is 5.89. The SMILES string of the molecule is O=C(Nc1ccc(S(=O)(=O)N2CCC(c3nc4ccccc4[nH]3)CC2)cc1)c1cccc(Cl)c1. The molecule has 0 spiro atoms. The molecule has 2 N–H and O–H groups in total. The summed E-state index contributed by atoms with van der Waals surface area (Å²) >= 11 is 5.94. The van der Waals surface area contributed by atoms with E-state index in [0.29, 0.717) is 42.2 Å². The summed E-state index contributed by atoms with van der Waals surface area (Å²) in [6.45, 7) is 0.856. The van der Waals surface area contributed by atoms with Gasteiger partial charge in [-0.1, -0.05) is 29.8 Å². The van der Waals surface area contributed by atoms with Gasteiger partial charge in [-0.15, -0.1) is 0 Å². The van der Waals surface area contributed by atoms with Gasteiger partial charge in [0.1, 0.15) is 5.82 Å². The minimum absolute atomic E-state index is 0.197. The van der Waals surface area contributed by atoms with Crippen LogP contribution in [0.25, 0.3) is 11.0 Å². The van der Waals surface area contributed by atoms with Crippen LogP contribution in [0.1, 0.15) is 34.9 Å². The summed E-state index contributed by atoms with van der Waals surface area (Å²) in [4.78, 5) is 20.6. The molecule has 1 aliphatic rings. The van der Waals surface area contributed by atoms with Gasteiger partial charge < -0.3 is 10.3 Å². The maximum atomic E-state index is 13.2. The van der Waals surface area contributed by atoms with Crippen molar-refractivity contribution in [2.75, 3.05) is 18.4 Å². The van der Waals surface area contributed by atoms with Crippen LogP contribution in [0.4, 0.5) is 5.69 Å². The number of nitrogens with one attached hydrogen (secondary N) is 2. The molecule has 9 heteroatoms. The maximum absolute atomic E-state index is 13.2. The van der Waals surface area contributed by atoms with Crippen molar-refractivity contribution in [3.63, 3.8) is 0 Å². The zero-order chi connectivity index (χ0) is 23.7. The van der Waals surface area contributed by atoms with E-state index in [1.165, 1.54) is 16.4 Å². The van der Waals surface area contributed by atoms with E-state index in [9.17, 15) is 13.2 Å². The summed E-state index contributed by atoms with van der Waals surface area (Å²) in [7, 11) is -3.62. The number of piperidine rings is 1. The van der Waals surface area contributed by atoms with Gasteiger partial charge >= 0.3 is 0 Å². The van der Waals surface area contributed by atoms with Crippen molar-refractivity contribution in [3.8, 4) is 0 Å². The number of aromatic amines is 1. The topological polar surface area (TPSA) is 95.2 Å². The highest BCUT2D eigenvalue weighted by Crippen LogP contribution is 2.30. The summed E-state index contributed by atoms with van der Waals surface area (Å²) in [5, 5.41) is 3.23. The van der Waals surface area contributed by atoms with Crippen molar-refractivity contribution in [1.82, 2.24) is 14.3 Å². The molecule has 4 aromatic rings. The molecule has 0 radical (unpaired) electrons. The Morgan fingerprint density at radius 2 is 1.74 bits per heavy atom. The molecule has 3 aromatic carbocycles. The number of carbonyl (C=O) groups is 1. The zero-order valence-corrected chi connectivity index (χ0v) is 19.8. The highest BCUT2D eigenvalue weighted by Gasteiger charge is 2.31. The number of benzene rings is 3. The Hall–Kier alpha value is -3.20. The van der Waals surface area contributed by atoms with Crippen molar-refractivity contribution in [1.29, 1.82) is 0 Å². The highest BCUT2D eigenvalue weighted by molar-refractivity contribution is 7.89. The lowest BCUT2D eigenvalue weighted by atomic mass is 9.97. The number of anilines is 1. The second kappa shape index (κ2) is 9.21. The Balaban J connectivity index is 1.23. The van der Waals surface area contributed by atoms with Gasteiger partial charge in [-0.25, -0.2) is 13.4 Å². The third-order valence-electron chi connectivity index (χ3n) is 6.09. The number of para-hydroxylation sites is 2. The van der Waals surface area contributed by atoms with E-state index in [4.69, 9.17) is 11.6 Å². The number of hydrogen-bond acceptors (Lipinski definition) is 4. The highest BCUT2D eigenvalue weighted by atomic mass is 35.5. The van der Waals surface area contributed by atoms with Crippen LogP contribution in [0.2, 0.25) is 5.02 Å². The Morgan fingerprint density at radius 1 is 1.00 bits per heavy atom. The first-order valence-corrected chi connectivity index (χ1v) is 12.8. The van der Waals surface area contributed by atoms with Crippen LogP contribution < -0.4 is 5.32 Å². The monoisotopic (exact) mass is 494 g/mol. The standard InChI is InChI=1S/C25H23ClN4O3S/c26-19-5-3-4-18(16-19)25(31)27-20-8-10-21(11-9-20)34(32,33)30-14-12-17(13-15-30)24-28-22-6-1-2-7-23(22)29-24/h1-11,16-17H,12-15H2,(H,27,31)(H,28,29). The Kier molecular flexibility index (Phi) is 6.12. The number of rotatable bonds is 5. The van der Waals surface area contributed by atoms with Crippen molar-refractivity contribution >= 4 is 44.3 Å². The number of hydrogen-bond donors (Lipinski definition) is 2. The van der Waals surface area contributed by atoms with Gasteiger partial charge in [0, 0.05) is 35.3 Å². The Bertz CT molecular complexity index is 1410. The van der Waals surface area contributed by atoms with Gasteiger partial charge in [-0.3, -0.25) is 4.79 Å². The number of sulfonamides is 1. The Labute approximate surface area is 202 Å². The van der Waals surface area contributed by atoms with E-state index < -0.39 is 10.0 Å². The van der Waals surface area contributed by atoms with E-state index in [2.05, 4.69) is 15.3 Å². The minimum atomic E-state index is -3.62. The first-order valence-electron chi connectivity index (χ1n) is 11.0. The second-order valence-corrected chi connectivity index (χ2v) is 10.7. The number of H-pyrrole nitrogens is 1. The quantitative estimate of drug-likeness (QED) is 0.406. The number of aromatic nitrogens is 2. The van der Waals surface area contributed by atoms with Crippen LogP contribution in [-0.2, 0) is 10.0 Å². The molecule has 34 heavy (non-hydrogen) atoms. The fourth-order valence-electron chi connectivity index (χ4n) is 4.23. The molecule has 1 amide bonds. The summed E-state index contributed by atoms with van der Waals surface area (Å²) in [6.07, 6.45) is 1.40. The molecule has 1 aromatic heterocycles. The van der Waals surface area contributed by atoms with Crippen LogP contribution >= 0.6 is 11.6 Å².